The zero-order valence-corrected chi connectivity index (χ0v) is 23.5. The van der Waals surface area contributed by atoms with E-state index < -0.39 is 7.82 Å². The monoisotopic (exact) mass is 566 g/mol. The van der Waals surface area contributed by atoms with Gasteiger partial charge in [0.1, 0.15) is 12.4 Å². The highest BCUT2D eigenvalue weighted by molar-refractivity contribution is 7.47. The lowest BCUT2D eigenvalue weighted by Crippen LogP contribution is -2.13. The van der Waals surface area contributed by atoms with Crippen LogP contribution in [0.5, 0.6) is 5.88 Å². The number of carbonyl (C=O) groups excluding carboxylic acids is 1. The molecule has 0 spiro atoms. The average Bonchev–Trinajstić information content (AvgIpc) is 3.30. The molecule has 4 aromatic rings. The largest absolute Gasteiger partial charge is 0.481 e. The van der Waals surface area contributed by atoms with Gasteiger partial charge in [-0.15, -0.1) is 0 Å². The number of ether oxygens (including phenoxy) is 1. The molecule has 0 fully saturated rings. The molecule has 1 unspecified atom stereocenters. The van der Waals surface area contributed by atoms with Gasteiger partial charge in [0.25, 0.3) is 0 Å². The molecule has 4 heterocycles. The van der Waals surface area contributed by atoms with Crippen LogP contribution in [0.25, 0.3) is 33.3 Å². The van der Waals surface area contributed by atoms with E-state index >= 15 is 0 Å². The first kappa shape index (κ1) is 29.1. The topological polar surface area (TPSA) is 141 Å². The fraction of sp³-hybridized carbons (Fsp3) is 0.259. The van der Waals surface area contributed by atoms with Crippen molar-refractivity contribution < 1.29 is 28.0 Å². The average molecular weight is 567 g/mol. The minimum Gasteiger partial charge on any atom is -0.481 e. The summed E-state index contributed by atoms with van der Waals surface area (Å²) in [7, 11) is 1.15. The summed E-state index contributed by atoms with van der Waals surface area (Å²) in [5, 5.41) is 3.58. The van der Waals surface area contributed by atoms with Crippen molar-refractivity contribution in [3.8, 4) is 28.1 Å². The maximum absolute atomic E-state index is 12.3. The molecule has 0 aliphatic heterocycles. The van der Waals surface area contributed by atoms with Crippen molar-refractivity contribution in [2.75, 3.05) is 39.7 Å². The van der Waals surface area contributed by atoms with Gasteiger partial charge in [0.15, 0.2) is 0 Å². The summed E-state index contributed by atoms with van der Waals surface area (Å²) in [5.74, 6) is 0.177. The van der Waals surface area contributed by atoms with Crippen molar-refractivity contribution in [3.63, 3.8) is 0 Å². The molecular weight excluding hydrogens is 535 g/mol. The van der Waals surface area contributed by atoms with Gasteiger partial charge in [-0.05, 0) is 44.8 Å². The highest BCUT2D eigenvalue weighted by atomic mass is 31.2. The zero-order valence-electron chi connectivity index (χ0n) is 22.6. The number of pyridine rings is 3. The molecule has 0 saturated carbocycles. The van der Waals surface area contributed by atoms with Crippen molar-refractivity contribution in [3.05, 3.63) is 67.4 Å². The summed E-state index contributed by atoms with van der Waals surface area (Å²) in [6, 6.07) is 7.35. The third-order valence-electron chi connectivity index (χ3n) is 5.70. The standard InChI is InChI=1S/C27H31N6O6P/c1-5-38-40(35,36)39-18-33-17-24(19-8-9-29-26(13-19)37-4)23-12-21(15-30-27(23)33)20-11-22(16-28-14-20)31-25(34)7-6-10-32(2)3/h6-9,11-17H,5,10,18H2,1-4H3,(H,31,34)(H,35,36). The Kier molecular flexibility index (Phi) is 9.41. The minimum atomic E-state index is -4.23. The Bertz CT molecular complexity index is 1570. The van der Waals surface area contributed by atoms with Crippen LogP contribution in [-0.4, -0.2) is 69.6 Å². The van der Waals surface area contributed by atoms with Gasteiger partial charge in [-0.2, -0.15) is 0 Å². The Morgan fingerprint density at radius 3 is 2.67 bits per heavy atom. The molecule has 0 radical (unpaired) electrons. The van der Waals surface area contributed by atoms with Gasteiger partial charge in [-0.25, -0.2) is 14.5 Å². The van der Waals surface area contributed by atoms with Crippen LogP contribution in [0.2, 0.25) is 0 Å². The van der Waals surface area contributed by atoms with E-state index in [0.717, 1.165) is 27.6 Å². The lowest BCUT2D eigenvalue weighted by molar-refractivity contribution is -0.111. The Morgan fingerprint density at radius 1 is 1.12 bits per heavy atom. The second-order valence-electron chi connectivity index (χ2n) is 8.96. The number of hydrogen-bond donors (Lipinski definition) is 2. The van der Waals surface area contributed by atoms with Crippen LogP contribution >= 0.6 is 7.82 Å². The maximum Gasteiger partial charge on any atom is 0.473 e. The first-order chi connectivity index (χ1) is 19.2. The molecule has 12 nitrogen and oxygen atoms in total. The van der Waals surface area contributed by atoms with E-state index in [1.807, 2.05) is 37.2 Å². The first-order valence-corrected chi connectivity index (χ1v) is 13.9. The summed E-state index contributed by atoms with van der Waals surface area (Å²) in [6.07, 6.45) is 11.6. The van der Waals surface area contributed by atoms with Gasteiger partial charge < -0.3 is 24.4 Å². The predicted molar refractivity (Wildman–Crippen MR) is 152 cm³/mol. The number of anilines is 1. The summed E-state index contributed by atoms with van der Waals surface area (Å²) < 4.78 is 29.0. The van der Waals surface area contributed by atoms with E-state index in [-0.39, 0.29) is 19.2 Å². The van der Waals surface area contributed by atoms with Gasteiger partial charge >= 0.3 is 7.82 Å². The summed E-state index contributed by atoms with van der Waals surface area (Å²) in [5.41, 5.74) is 4.13. The van der Waals surface area contributed by atoms with Crippen molar-refractivity contribution in [1.82, 2.24) is 24.4 Å². The molecule has 2 N–H and O–H groups in total. The number of nitrogens with one attached hydrogen (secondary N) is 1. The number of phosphoric acid groups is 1. The summed E-state index contributed by atoms with van der Waals surface area (Å²) in [4.78, 5) is 37.3. The van der Waals surface area contributed by atoms with Crippen LogP contribution in [0.1, 0.15) is 6.92 Å². The van der Waals surface area contributed by atoms with Crippen LogP contribution in [-0.2, 0) is 25.1 Å². The number of fused-ring (bicyclic) bond motifs is 1. The molecule has 40 heavy (non-hydrogen) atoms. The van der Waals surface area contributed by atoms with Crippen LogP contribution in [0.4, 0.5) is 5.69 Å². The van der Waals surface area contributed by atoms with Crippen LogP contribution in [0.3, 0.4) is 0 Å². The number of methoxy groups -OCH3 is 1. The number of likely N-dealkylation sites (N-methyl/N-ethyl adjacent to an activating group) is 1. The van der Waals surface area contributed by atoms with Gasteiger partial charge in [0, 0.05) is 65.6 Å². The highest BCUT2D eigenvalue weighted by Crippen LogP contribution is 2.44. The number of nitrogens with zero attached hydrogens (tertiary/aromatic N) is 5. The Morgan fingerprint density at radius 2 is 1.93 bits per heavy atom. The lowest BCUT2D eigenvalue weighted by Gasteiger charge is -2.11. The second kappa shape index (κ2) is 12.9. The quantitative estimate of drug-likeness (QED) is 0.188. The van der Waals surface area contributed by atoms with E-state index in [2.05, 4.69) is 20.3 Å². The fourth-order valence-corrected chi connectivity index (χ4v) is 4.57. The Balaban J connectivity index is 1.70. The zero-order chi connectivity index (χ0) is 28.7. The number of rotatable bonds is 12. The fourth-order valence-electron chi connectivity index (χ4n) is 3.90. The van der Waals surface area contributed by atoms with Crippen LogP contribution < -0.4 is 10.1 Å². The van der Waals surface area contributed by atoms with Crippen molar-refractivity contribution in [2.24, 2.45) is 0 Å². The van der Waals surface area contributed by atoms with E-state index in [0.29, 0.717) is 23.8 Å². The van der Waals surface area contributed by atoms with E-state index in [1.54, 1.807) is 54.6 Å². The predicted octanol–water partition coefficient (Wildman–Crippen LogP) is 4.34. The molecule has 0 aliphatic rings. The summed E-state index contributed by atoms with van der Waals surface area (Å²) >= 11 is 0. The van der Waals surface area contributed by atoms with Gasteiger partial charge in [-0.1, -0.05) is 6.08 Å². The molecule has 13 heteroatoms. The molecule has 0 aliphatic carbocycles. The molecule has 0 aromatic carbocycles. The molecule has 4 aromatic heterocycles. The highest BCUT2D eigenvalue weighted by Gasteiger charge is 2.22. The van der Waals surface area contributed by atoms with E-state index in [4.69, 9.17) is 13.8 Å². The van der Waals surface area contributed by atoms with E-state index in [1.165, 1.54) is 13.2 Å². The third-order valence-corrected chi connectivity index (χ3v) is 6.73. The van der Waals surface area contributed by atoms with Gasteiger partial charge in [0.05, 0.1) is 25.6 Å². The molecule has 1 amide bonds. The normalized spacial score (nSPS) is 13.2. The van der Waals surface area contributed by atoms with Crippen LogP contribution in [0, 0.1) is 0 Å². The Labute approximate surface area is 231 Å². The minimum absolute atomic E-state index is 0.0315. The van der Waals surface area contributed by atoms with Gasteiger partial charge in [-0.3, -0.25) is 18.8 Å². The first-order valence-electron chi connectivity index (χ1n) is 12.4. The summed E-state index contributed by atoms with van der Waals surface area (Å²) in [6.45, 7) is 2.02. The van der Waals surface area contributed by atoms with E-state index in [9.17, 15) is 14.3 Å². The lowest BCUT2D eigenvalue weighted by atomic mass is 10.0. The molecule has 0 saturated heterocycles. The molecule has 0 bridgehead atoms. The van der Waals surface area contributed by atoms with Crippen molar-refractivity contribution in [1.29, 1.82) is 0 Å². The number of aromatic nitrogens is 4. The SMILES string of the molecule is CCOP(=O)(O)OCn1cc(-c2ccnc(OC)c2)c2cc(-c3cncc(NC(=O)C=CCN(C)C)c3)cnc21. The van der Waals surface area contributed by atoms with Gasteiger partial charge in [0.2, 0.25) is 11.8 Å². The smallest absolute Gasteiger partial charge is 0.473 e. The molecule has 210 valence electrons. The van der Waals surface area contributed by atoms with Crippen molar-refractivity contribution in [2.45, 2.75) is 13.7 Å². The van der Waals surface area contributed by atoms with Crippen LogP contribution in [0.15, 0.2) is 67.4 Å². The molecular formula is C27H31N6O6P. The maximum atomic E-state index is 12.3. The number of carbonyl (C=O) groups is 1. The molecule has 4 rings (SSSR count). The van der Waals surface area contributed by atoms with Crippen molar-refractivity contribution >= 4 is 30.5 Å². The Hall–Kier alpha value is -3.93. The number of phosphoric ester groups is 1. The third kappa shape index (κ3) is 7.38. The number of amides is 1. The second-order valence-corrected chi connectivity index (χ2v) is 10.4. The molecule has 1 atom stereocenters. The number of hydrogen-bond acceptors (Lipinski definition) is 9.